The van der Waals surface area contributed by atoms with Crippen molar-refractivity contribution in [1.29, 1.82) is 0 Å². The van der Waals surface area contributed by atoms with Crippen LogP contribution in [0.5, 0.6) is 0 Å². The molecule has 0 aliphatic rings. The predicted molar refractivity (Wildman–Crippen MR) is 55.5 cm³/mol. The Labute approximate surface area is 95.1 Å². The first-order valence-corrected chi connectivity index (χ1v) is 4.76. The van der Waals surface area contributed by atoms with Gasteiger partial charge in [-0.25, -0.2) is 18.3 Å². The summed E-state index contributed by atoms with van der Waals surface area (Å²) in [6, 6.07) is 8.26. The van der Waals surface area contributed by atoms with Crippen LogP contribution in [-0.2, 0) is 0 Å². The van der Waals surface area contributed by atoms with E-state index in [1.165, 1.54) is 0 Å². The second-order valence-corrected chi connectivity index (χ2v) is 3.30. The summed E-state index contributed by atoms with van der Waals surface area (Å²) in [4.78, 5) is 11.0. The number of alkyl halides is 2. The number of hydrogen-bond acceptors (Lipinski definition) is 2. The summed E-state index contributed by atoms with van der Waals surface area (Å²) in [5.41, 5.74) is -0.663. The van der Waals surface area contributed by atoms with Crippen molar-refractivity contribution >= 4 is 5.97 Å². The van der Waals surface area contributed by atoms with E-state index in [9.17, 15) is 13.6 Å². The fraction of sp³-hybridized carbons (Fsp3) is 0.0909. The molecule has 6 heteroatoms. The first kappa shape index (κ1) is 11.3. The second kappa shape index (κ2) is 4.32. The minimum absolute atomic E-state index is 0.428. The number of benzene rings is 1. The molecule has 0 radical (unpaired) electrons. The van der Waals surface area contributed by atoms with Gasteiger partial charge in [-0.2, -0.15) is 5.10 Å². The van der Waals surface area contributed by atoms with E-state index < -0.39 is 23.7 Å². The molecule has 0 aliphatic carbocycles. The summed E-state index contributed by atoms with van der Waals surface area (Å²) in [5, 5.41) is 12.6. The predicted octanol–water partition coefficient (Wildman–Crippen LogP) is 2.51. The maximum atomic E-state index is 12.6. The van der Waals surface area contributed by atoms with Gasteiger partial charge in [0.1, 0.15) is 0 Å². The van der Waals surface area contributed by atoms with Crippen LogP contribution in [0.1, 0.15) is 22.5 Å². The van der Waals surface area contributed by atoms with Crippen LogP contribution in [0.25, 0.3) is 5.69 Å². The molecule has 0 saturated carbocycles. The zero-order valence-electron chi connectivity index (χ0n) is 8.55. The van der Waals surface area contributed by atoms with Gasteiger partial charge in [-0.1, -0.05) is 18.2 Å². The van der Waals surface area contributed by atoms with Crippen molar-refractivity contribution in [2.24, 2.45) is 0 Å². The van der Waals surface area contributed by atoms with Crippen molar-refractivity contribution in [3.05, 3.63) is 47.8 Å². The molecular weight excluding hydrogens is 230 g/mol. The molecule has 88 valence electrons. The fourth-order valence-electron chi connectivity index (χ4n) is 1.50. The smallest absolute Gasteiger partial charge is 0.355 e. The van der Waals surface area contributed by atoms with E-state index in [1.54, 1.807) is 30.3 Å². The molecule has 17 heavy (non-hydrogen) atoms. The number of para-hydroxylation sites is 1. The number of aromatic carboxylic acids is 1. The van der Waals surface area contributed by atoms with Gasteiger partial charge in [-0.15, -0.1) is 0 Å². The van der Waals surface area contributed by atoms with Gasteiger partial charge < -0.3 is 5.11 Å². The maximum absolute atomic E-state index is 12.6. The average Bonchev–Trinajstić information content (AvgIpc) is 2.74. The number of carboxylic acids is 1. The van der Waals surface area contributed by atoms with Crippen LogP contribution in [0, 0.1) is 0 Å². The molecule has 0 spiro atoms. The van der Waals surface area contributed by atoms with E-state index in [-0.39, 0.29) is 0 Å². The Kier molecular flexibility index (Phi) is 2.86. The zero-order valence-corrected chi connectivity index (χ0v) is 8.55. The van der Waals surface area contributed by atoms with Gasteiger partial charge in [0.25, 0.3) is 6.43 Å². The largest absolute Gasteiger partial charge is 0.476 e. The Morgan fingerprint density at radius 1 is 1.29 bits per heavy atom. The third-order valence-electron chi connectivity index (χ3n) is 2.24. The molecule has 0 bridgehead atoms. The summed E-state index contributed by atoms with van der Waals surface area (Å²) < 4.78 is 26.2. The van der Waals surface area contributed by atoms with Crippen molar-refractivity contribution in [3.8, 4) is 5.69 Å². The lowest BCUT2D eigenvalue weighted by molar-refractivity contribution is 0.0674. The Hall–Kier alpha value is -2.24. The van der Waals surface area contributed by atoms with Crippen LogP contribution in [0.2, 0.25) is 0 Å². The van der Waals surface area contributed by atoms with Gasteiger partial charge in [-0.05, 0) is 12.1 Å². The third-order valence-corrected chi connectivity index (χ3v) is 2.24. The summed E-state index contributed by atoms with van der Waals surface area (Å²) in [7, 11) is 0. The Balaban J connectivity index is 2.60. The molecule has 2 aromatic rings. The van der Waals surface area contributed by atoms with Gasteiger partial charge in [0.05, 0.1) is 17.4 Å². The van der Waals surface area contributed by atoms with Crippen LogP contribution >= 0.6 is 0 Å². The summed E-state index contributed by atoms with van der Waals surface area (Å²) in [5.74, 6) is -1.43. The quantitative estimate of drug-likeness (QED) is 0.893. The van der Waals surface area contributed by atoms with Gasteiger partial charge in [0.2, 0.25) is 0 Å². The number of rotatable bonds is 3. The lowest BCUT2D eigenvalue weighted by Crippen LogP contribution is -2.10. The molecule has 1 heterocycles. The van der Waals surface area contributed by atoms with E-state index in [2.05, 4.69) is 5.10 Å². The van der Waals surface area contributed by atoms with Gasteiger partial charge in [0.15, 0.2) is 5.69 Å². The standard InChI is InChI=1S/C11H8F2N2O2/c12-10(13)8-6-14-15(9(8)11(16)17)7-4-2-1-3-5-7/h1-6,10H,(H,16,17). The number of carboxylic acid groups (broad SMARTS) is 1. The van der Waals surface area contributed by atoms with Crippen molar-refractivity contribution in [2.75, 3.05) is 0 Å². The number of aromatic nitrogens is 2. The van der Waals surface area contributed by atoms with Crippen LogP contribution in [0.3, 0.4) is 0 Å². The molecule has 1 aromatic heterocycles. The van der Waals surface area contributed by atoms with Crippen LogP contribution in [0.15, 0.2) is 36.5 Å². The monoisotopic (exact) mass is 238 g/mol. The summed E-state index contributed by atoms with van der Waals surface area (Å²) in [6.45, 7) is 0. The van der Waals surface area contributed by atoms with E-state index in [0.717, 1.165) is 10.9 Å². The van der Waals surface area contributed by atoms with Gasteiger partial charge in [-0.3, -0.25) is 0 Å². The van der Waals surface area contributed by atoms with Crippen molar-refractivity contribution < 1.29 is 18.7 Å². The number of hydrogen-bond donors (Lipinski definition) is 1. The maximum Gasteiger partial charge on any atom is 0.355 e. The molecule has 0 amide bonds. The molecule has 0 fully saturated rings. The Morgan fingerprint density at radius 3 is 2.47 bits per heavy atom. The van der Waals surface area contributed by atoms with E-state index in [4.69, 9.17) is 5.11 Å². The molecule has 1 N–H and O–H groups in total. The fourth-order valence-corrected chi connectivity index (χ4v) is 1.50. The molecule has 0 saturated heterocycles. The normalized spacial score (nSPS) is 10.8. The minimum Gasteiger partial charge on any atom is -0.476 e. The highest BCUT2D eigenvalue weighted by atomic mass is 19.3. The van der Waals surface area contributed by atoms with E-state index >= 15 is 0 Å². The SMILES string of the molecule is O=C(O)c1c(C(F)F)cnn1-c1ccccc1. The highest BCUT2D eigenvalue weighted by Crippen LogP contribution is 2.24. The molecule has 1 aromatic carbocycles. The Bertz CT molecular complexity index is 538. The van der Waals surface area contributed by atoms with Crippen LogP contribution < -0.4 is 0 Å². The lowest BCUT2D eigenvalue weighted by Gasteiger charge is -2.05. The van der Waals surface area contributed by atoms with Gasteiger partial charge in [0, 0.05) is 0 Å². The van der Waals surface area contributed by atoms with Crippen LogP contribution in [-0.4, -0.2) is 20.9 Å². The van der Waals surface area contributed by atoms with Crippen molar-refractivity contribution in [3.63, 3.8) is 0 Å². The molecule has 4 nitrogen and oxygen atoms in total. The minimum atomic E-state index is -2.86. The highest BCUT2D eigenvalue weighted by molar-refractivity contribution is 5.88. The summed E-state index contributed by atoms with van der Waals surface area (Å²) in [6.07, 6.45) is -1.99. The number of nitrogens with zero attached hydrogens (tertiary/aromatic N) is 2. The topological polar surface area (TPSA) is 55.1 Å². The van der Waals surface area contributed by atoms with E-state index in [1.807, 2.05) is 0 Å². The Morgan fingerprint density at radius 2 is 1.94 bits per heavy atom. The second-order valence-electron chi connectivity index (χ2n) is 3.30. The van der Waals surface area contributed by atoms with E-state index in [0.29, 0.717) is 5.69 Å². The highest BCUT2D eigenvalue weighted by Gasteiger charge is 2.24. The van der Waals surface area contributed by atoms with Gasteiger partial charge >= 0.3 is 5.97 Å². The lowest BCUT2D eigenvalue weighted by atomic mass is 10.2. The zero-order chi connectivity index (χ0) is 12.4. The number of carbonyl (C=O) groups is 1. The number of halogens is 2. The van der Waals surface area contributed by atoms with Crippen molar-refractivity contribution in [1.82, 2.24) is 9.78 Å². The molecule has 2 rings (SSSR count). The molecule has 0 atom stereocenters. The average molecular weight is 238 g/mol. The molecule has 0 unspecified atom stereocenters. The van der Waals surface area contributed by atoms with Crippen molar-refractivity contribution in [2.45, 2.75) is 6.43 Å². The molecule has 0 aliphatic heterocycles. The third kappa shape index (κ3) is 2.01. The summed E-state index contributed by atoms with van der Waals surface area (Å²) >= 11 is 0. The first-order valence-electron chi connectivity index (χ1n) is 4.76. The van der Waals surface area contributed by atoms with Crippen LogP contribution in [0.4, 0.5) is 8.78 Å². The first-order chi connectivity index (χ1) is 8.11. The molecular formula is C11H8F2N2O2.